The highest BCUT2D eigenvalue weighted by atomic mass is 16.1. The SMILES string of the molecule is CC(C)c1cc(C=O)nc(N)n1. The summed E-state index contributed by atoms with van der Waals surface area (Å²) in [4.78, 5) is 18.1. The van der Waals surface area contributed by atoms with E-state index in [9.17, 15) is 4.79 Å². The van der Waals surface area contributed by atoms with Crippen LogP contribution < -0.4 is 5.73 Å². The van der Waals surface area contributed by atoms with Crippen LogP contribution in [0, 0.1) is 0 Å². The molecule has 64 valence electrons. The Balaban J connectivity index is 3.14. The van der Waals surface area contributed by atoms with Gasteiger partial charge in [-0.15, -0.1) is 0 Å². The molecule has 4 heteroatoms. The van der Waals surface area contributed by atoms with Crippen LogP contribution in [0.4, 0.5) is 5.95 Å². The van der Waals surface area contributed by atoms with E-state index in [-0.39, 0.29) is 11.9 Å². The summed E-state index contributed by atoms with van der Waals surface area (Å²) in [7, 11) is 0. The maximum absolute atomic E-state index is 10.4. The standard InChI is InChI=1S/C8H11N3O/c1-5(2)7-3-6(4-12)10-8(9)11-7/h3-5H,1-2H3,(H2,9,10,11). The molecule has 0 fully saturated rings. The van der Waals surface area contributed by atoms with Crippen molar-refractivity contribution in [2.45, 2.75) is 19.8 Å². The number of anilines is 1. The van der Waals surface area contributed by atoms with Crippen molar-refractivity contribution in [3.8, 4) is 0 Å². The molecule has 0 atom stereocenters. The highest BCUT2D eigenvalue weighted by molar-refractivity contribution is 5.72. The Bertz CT molecular complexity index is 296. The monoisotopic (exact) mass is 165 g/mol. The van der Waals surface area contributed by atoms with Crippen LogP contribution in [0.1, 0.15) is 35.9 Å². The first-order valence-corrected chi connectivity index (χ1v) is 3.73. The molecule has 0 spiro atoms. The lowest BCUT2D eigenvalue weighted by molar-refractivity contribution is 0.111. The Labute approximate surface area is 70.8 Å². The molecule has 1 rings (SSSR count). The minimum absolute atomic E-state index is 0.156. The molecular weight excluding hydrogens is 154 g/mol. The fraction of sp³-hybridized carbons (Fsp3) is 0.375. The molecule has 1 aromatic rings. The molecule has 0 saturated heterocycles. The molecule has 2 N–H and O–H groups in total. The van der Waals surface area contributed by atoms with E-state index in [1.54, 1.807) is 6.07 Å². The molecule has 1 heterocycles. The van der Waals surface area contributed by atoms with E-state index < -0.39 is 0 Å². The third kappa shape index (κ3) is 1.78. The van der Waals surface area contributed by atoms with Gasteiger partial charge in [0.2, 0.25) is 5.95 Å². The first-order valence-electron chi connectivity index (χ1n) is 3.73. The number of nitrogens with zero attached hydrogens (tertiary/aromatic N) is 2. The summed E-state index contributed by atoms with van der Waals surface area (Å²) in [6.45, 7) is 3.96. The van der Waals surface area contributed by atoms with Crippen LogP contribution in [0.5, 0.6) is 0 Å². The number of aldehydes is 1. The summed E-state index contributed by atoms with van der Waals surface area (Å²) in [5.74, 6) is 0.414. The predicted octanol–water partition coefficient (Wildman–Crippen LogP) is 0.995. The average Bonchev–Trinajstić information content (AvgIpc) is 2.03. The van der Waals surface area contributed by atoms with Crippen LogP contribution in [0.15, 0.2) is 6.07 Å². The first-order chi connectivity index (χ1) is 5.63. The van der Waals surface area contributed by atoms with Gasteiger partial charge in [-0.3, -0.25) is 4.79 Å². The Morgan fingerprint density at radius 3 is 2.67 bits per heavy atom. The number of aromatic nitrogens is 2. The van der Waals surface area contributed by atoms with Crippen LogP contribution >= 0.6 is 0 Å². The fourth-order valence-electron chi connectivity index (χ4n) is 0.862. The van der Waals surface area contributed by atoms with E-state index in [2.05, 4.69) is 9.97 Å². The number of carbonyl (C=O) groups excluding carboxylic acids is 1. The van der Waals surface area contributed by atoms with Gasteiger partial charge in [0.1, 0.15) is 5.69 Å². The molecule has 1 aromatic heterocycles. The Kier molecular flexibility index (Phi) is 2.38. The molecule has 0 bridgehead atoms. The minimum Gasteiger partial charge on any atom is -0.368 e. The van der Waals surface area contributed by atoms with E-state index >= 15 is 0 Å². The second kappa shape index (κ2) is 3.30. The van der Waals surface area contributed by atoms with Crippen molar-refractivity contribution in [1.29, 1.82) is 0 Å². The molecule has 0 aliphatic rings. The zero-order valence-corrected chi connectivity index (χ0v) is 7.11. The minimum atomic E-state index is 0.156. The van der Waals surface area contributed by atoms with Gasteiger partial charge in [0.15, 0.2) is 6.29 Å². The number of hydrogen-bond donors (Lipinski definition) is 1. The van der Waals surface area contributed by atoms with Crippen molar-refractivity contribution in [2.75, 3.05) is 5.73 Å². The maximum atomic E-state index is 10.4. The fourth-order valence-corrected chi connectivity index (χ4v) is 0.862. The lowest BCUT2D eigenvalue weighted by atomic mass is 10.1. The van der Waals surface area contributed by atoms with Crippen molar-refractivity contribution in [3.63, 3.8) is 0 Å². The molecule has 0 aliphatic heterocycles. The van der Waals surface area contributed by atoms with Gasteiger partial charge in [0.05, 0.1) is 0 Å². The van der Waals surface area contributed by atoms with E-state index in [0.29, 0.717) is 12.0 Å². The summed E-state index contributed by atoms with van der Waals surface area (Å²) in [5, 5.41) is 0. The lowest BCUT2D eigenvalue weighted by Gasteiger charge is -2.04. The topological polar surface area (TPSA) is 68.9 Å². The zero-order valence-electron chi connectivity index (χ0n) is 7.11. The molecule has 0 amide bonds. The van der Waals surface area contributed by atoms with E-state index in [4.69, 9.17) is 5.73 Å². The van der Waals surface area contributed by atoms with Gasteiger partial charge in [-0.1, -0.05) is 13.8 Å². The largest absolute Gasteiger partial charge is 0.368 e. The van der Waals surface area contributed by atoms with Crippen LogP contribution in [-0.4, -0.2) is 16.3 Å². The Hall–Kier alpha value is -1.45. The van der Waals surface area contributed by atoms with Gasteiger partial charge in [-0.05, 0) is 12.0 Å². The molecule has 0 saturated carbocycles. The lowest BCUT2D eigenvalue weighted by Crippen LogP contribution is -2.03. The van der Waals surface area contributed by atoms with E-state index in [0.717, 1.165) is 5.69 Å². The summed E-state index contributed by atoms with van der Waals surface area (Å²) in [5.41, 5.74) is 6.53. The quantitative estimate of drug-likeness (QED) is 0.663. The molecule has 0 aliphatic carbocycles. The van der Waals surface area contributed by atoms with Crippen molar-refractivity contribution < 1.29 is 4.79 Å². The van der Waals surface area contributed by atoms with Gasteiger partial charge in [-0.25, -0.2) is 9.97 Å². The van der Waals surface area contributed by atoms with Crippen molar-refractivity contribution in [1.82, 2.24) is 9.97 Å². The maximum Gasteiger partial charge on any atom is 0.220 e. The normalized spacial score (nSPS) is 10.2. The van der Waals surface area contributed by atoms with Gasteiger partial charge >= 0.3 is 0 Å². The summed E-state index contributed by atoms with van der Waals surface area (Å²) in [6, 6.07) is 1.65. The number of hydrogen-bond acceptors (Lipinski definition) is 4. The summed E-state index contributed by atoms with van der Waals surface area (Å²) in [6.07, 6.45) is 0.671. The second-order valence-electron chi connectivity index (χ2n) is 2.85. The van der Waals surface area contributed by atoms with Crippen molar-refractivity contribution in [3.05, 3.63) is 17.5 Å². The Morgan fingerprint density at radius 2 is 2.17 bits per heavy atom. The van der Waals surface area contributed by atoms with Gasteiger partial charge in [0, 0.05) is 5.69 Å². The molecule has 12 heavy (non-hydrogen) atoms. The predicted molar refractivity (Wildman–Crippen MR) is 45.9 cm³/mol. The summed E-state index contributed by atoms with van der Waals surface area (Å²) < 4.78 is 0. The molecular formula is C8H11N3O. The van der Waals surface area contributed by atoms with Crippen molar-refractivity contribution >= 4 is 12.2 Å². The average molecular weight is 165 g/mol. The molecule has 4 nitrogen and oxygen atoms in total. The molecule has 0 radical (unpaired) electrons. The highest BCUT2D eigenvalue weighted by Crippen LogP contribution is 2.12. The van der Waals surface area contributed by atoms with Crippen LogP contribution in [-0.2, 0) is 0 Å². The van der Waals surface area contributed by atoms with Gasteiger partial charge in [0.25, 0.3) is 0 Å². The number of rotatable bonds is 2. The van der Waals surface area contributed by atoms with E-state index in [1.807, 2.05) is 13.8 Å². The highest BCUT2D eigenvalue weighted by Gasteiger charge is 2.04. The second-order valence-corrected chi connectivity index (χ2v) is 2.85. The zero-order chi connectivity index (χ0) is 9.14. The number of nitrogens with two attached hydrogens (primary N) is 1. The summed E-state index contributed by atoms with van der Waals surface area (Å²) >= 11 is 0. The van der Waals surface area contributed by atoms with Gasteiger partial charge < -0.3 is 5.73 Å². The third-order valence-corrected chi connectivity index (χ3v) is 1.50. The van der Waals surface area contributed by atoms with Crippen LogP contribution in [0.2, 0.25) is 0 Å². The van der Waals surface area contributed by atoms with Crippen LogP contribution in [0.25, 0.3) is 0 Å². The van der Waals surface area contributed by atoms with Gasteiger partial charge in [-0.2, -0.15) is 0 Å². The third-order valence-electron chi connectivity index (χ3n) is 1.50. The molecule has 0 unspecified atom stereocenters. The number of carbonyl (C=O) groups is 1. The number of nitrogen functional groups attached to an aromatic ring is 1. The molecule has 0 aromatic carbocycles. The van der Waals surface area contributed by atoms with Crippen LogP contribution in [0.3, 0.4) is 0 Å². The smallest absolute Gasteiger partial charge is 0.220 e. The van der Waals surface area contributed by atoms with Crippen molar-refractivity contribution in [2.24, 2.45) is 0 Å². The first kappa shape index (κ1) is 8.64. The van der Waals surface area contributed by atoms with E-state index in [1.165, 1.54) is 0 Å². The Morgan fingerprint density at radius 1 is 1.50 bits per heavy atom.